The normalized spacial score (nSPS) is 39.8. The van der Waals surface area contributed by atoms with Crippen LogP contribution >= 0.6 is 0 Å². The number of rotatable bonds is 5. The van der Waals surface area contributed by atoms with Crippen molar-refractivity contribution >= 4 is 0 Å². The highest BCUT2D eigenvalue weighted by Crippen LogP contribution is 2.61. The molecule has 0 aromatic rings. The highest BCUT2D eigenvalue weighted by molar-refractivity contribution is 5.38. The number of aliphatic hydroxyl groups is 3. The molecule has 3 aliphatic carbocycles. The number of hydrogen-bond acceptors (Lipinski definition) is 3. The van der Waals surface area contributed by atoms with Crippen molar-refractivity contribution in [1.82, 2.24) is 0 Å². The summed E-state index contributed by atoms with van der Waals surface area (Å²) in [5.41, 5.74) is 2.96. The summed E-state index contributed by atoms with van der Waals surface area (Å²) >= 11 is 0. The Kier molecular flexibility index (Phi) is 6.82. The van der Waals surface area contributed by atoms with Gasteiger partial charge in [0.25, 0.3) is 0 Å². The monoisotopic (exact) mass is 402 g/mol. The van der Waals surface area contributed by atoms with E-state index in [0.29, 0.717) is 30.6 Å². The zero-order chi connectivity index (χ0) is 21.4. The van der Waals surface area contributed by atoms with Gasteiger partial charge in [-0.05, 0) is 85.7 Å². The lowest BCUT2D eigenvalue weighted by Gasteiger charge is -2.48. The summed E-state index contributed by atoms with van der Waals surface area (Å²) in [4.78, 5) is 0. The third kappa shape index (κ3) is 4.16. The minimum absolute atomic E-state index is 0.253. The molecule has 3 nitrogen and oxygen atoms in total. The van der Waals surface area contributed by atoms with E-state index >= 15 is 0 Å². The highest BCUT2D eigenvalue weighted by atomic mass is 16.3. The Balaban J connectivity index is 1.84. The molecule has 0 bridgehead atoms. The molecule has 0 amide bonds. The van der Waals surface area contributed by atoms with E-state index < -0.39 is 17.8 Å². The molecule has 0 unspecified atom stereocenters. The highest BCUT2D eigenvalue weighted by Gasteiger charge is 2.53. The lowest BCUT2D eigenvalue weighted by atomic mass is 9.58. The SMILES string of the molecule is C=C1/C(=C/C=C2\CCC[C@]3(C)[C@@H]([C@H](C)C(O)(CC)CC)CC[C@@H]23)C[C@@H](O)C[C@@H]1O. The first-order valence-corrected chi connectivity index (χ1v) is 11.8. The van der Waals surface area contributed by atoms with E-state index in [4.69, 9.17) is 0 Å². The van der Waals surface area contributed by atoms with Crippen molar-refractivity contribution in [3.8, 4) is 0 Å². The summed E-state index contributed by atoms with van der Waals surface area (Å²) in [6, 6.07) is 0. The van der Waals surface area contributed by atoms with Gasteiger partial charge in [0.15, 0.2) is 0 Å². The first-order chi connectivity index (χ1) is 13.7. The summed E-state index contributed by atoms with van der Waals surface area (Å²) in [6.45, 7) is 13.0. The number of fused-ring (bicyclic) bond motifs is 1. The van der Waals surface area contributed by atoms with Crippen LogP contribution < -0.4 is 0 Å². The molecule has 3 aliphatic rings. The molecule has 0 aliphatic heterocycles. The molecule has 0 heterocycles. The molecule has 29 heavy (non-hydrogen) atoms. The maximum Gasteiger partial charge on any atom is 0.0811 e. The molecule has 6 atom stereocenters. The van der Waals surface area contributed by atoms with Crippen molar-refractivity contribution in [2.75, 3.05) is 0 Å². The maximum atomic E-state index is 11.2. The van der Waals surface area contributed by atoms with Gasteiger partial charge in [-0.25, -0.2) is 0 Å². The fourth-order valence-electron chi connectivity index (χ4n) is 6.83. The largest absolute Gasteiger partial charge is 0.393 e. The molecule has 3 rings (SSSR count). The van der Waals surface area contributed by atoms with Crippen LogP contribution in [-0.4, -0.2) is 33.1 Å². The summed E-state index contributed by atoms with van der Waals surface area (Å²) in [5.74, 6) is 1.45. The van der Waals surface area contributed by atoms with Crippen LogP contribution in [0.3, 0.4) is 0 Å². The van der Waals surface area contributed by atoms with E-state index in [2.05, 4.69) is 46.4 Å². The van der Waals surface area contributed by atoms with Gasteiger partial charge >= 0.3 is 0 Å². The van der Waals surface area contributed by atoms with Gasteiger partial charge in [0.2, 0.25) is 0 Å². The van der Waals surface area contributed by atoms with Crippen LogP contribution in [0.2, 0.25) is 0 Å². The van der Waals surface area contributed by atoms with Gasteiger partial charge in [0, 0.05) is 6.42 Å². The summed E-state index contributed by atoms with van der Waals surface area (Å²) < 4.78 is 0. The molecular formula is C26H42O3. The van der Waals surface area contributed by atoms with Gasteiger partial charge in [0.1, 0.15) is 0 Å². The van der Waals surface area contributed by atoms with Crippen molar-refractivity contribution in [3.05, 3.63) is 35.5 Å². The van der Waals surface area contributed by atoms with Crippen LogP contribution in [0.5, 0.6) is 0 Å². The van der Waals surface area contributed by atoms with E-state index in [1.807, 2.05) is 0 Å². The molecule has 164 valence electrons. The third-order valence-electron chi connectivity index (χ3n) is 8.98. The molecule has 0 radical (unpaired) electrons. The molecule has 0 aromatic heterocycles. The van der Waals surface area contributed by atoms with Gasteiger partial charge in [-0.15, -0.1) is 0 Å². The van der Waals surface area contributed by atoms with E-state index in [0.717, 1.165) is 30.4 Å². The molecule has 0 spiro atoms. The van der Waals surface area contributed by atoms with Gasteiger partial charge in [0.05, 0.1) is 17.8 Å². The second kappa shape index (κ2) is 8.69. The van der Waals surface area contributed by atoms with E-state index in [9.17, 15) is 15.3 Å². The fraction of sp³-hybridized carbons (Fsp3) is 0.769. The number of hydrogen-bond donors (Lipinski definition) is 3. The topological polar surface area (TPSA) is 60.7 Å². The minimum Gasteiger partial charge on any atom is -0.393 e. The quantitative estimate of drug-likeness (QED) is 0.584. The molecule has 0 saturated heterocycles. The lowest BCUT2D eigenvalue weighted by molar-refractivity contribution is -0.0679. The van der Waals surface area contributed by atoms with Gasteiger partial charge in [-0.1, -0.05) is 52.0 Å². The second-order valence-electron chi connectivity index (χ2n) is 10.3. The Hall–Kier alpha value is -0.900. The van der Waals surface area contributed by atoms with Crippen LogP contribution in [0.1, 0.15) is 85.5 Å². The molecule has 0 aromatic carbocycles. The Morgan fingerprint density at radius 2 is 1.90 bits per heavy atom. The smallest absolute Gasteiger partial charge is 0.0811 e. The van der Waals surface area contributed by atoms with Crippen LogP contribution in [0.15, 0.2) is 35.5 Å². The molecule has 3 N–H and O–H groups in total. The predicted octanol–water partition coefficient (Wildman–Crippen LogP) is 5.31. The van der Waals surface area contributed by atoms with Gasteiger partial charge in [-0.2, -0.15) is 0 Å². The number of allylic oxidation sites excluding steroid dienone is 3. The first kappa shape index (κ1) is 22.8. The van der Waals surface area contributed by atoms with Crippen molar-refractivity contribution in [2.45, 2.75) is 103 Å². The summed E-state index contributed by atoms with van der Waals surface area (Å²) in [5, 5.41) is 31.3. The Morgan fingerprint density at radius 3 is 2.55 bits per heavy atom. The first-order valence-electron chi connectivity index (χ1n) is 11.8. The zero-order valence-corrected chi connectivity index (χ0v) is 19.0. The molecule has 3 heteroatoms. The Labute approximate surface area is 177 Å². The van der Waals surface area contributed by atoms with Gasteiger partial charge in [-0.3, -0.25) is 0 Å². The van der Waals surface area contributed by atoms with E-state index in [1.165, 1.54) is 31.3 Å². The fourth-order valence-corrected chi connectivity index (χ4v) is 6.83. The van der Waals surface area contributed by atoms with Crippen LogP contribution in [0, 0.1) is 23.2 Å². The van der Waals surface area contributed by atoms with Crippen molar-refractivity contribution < 1.29 is 15.3 Å². The zero-order valence-electron chi connectivity index (χ0n) is 19.0. The standard InChI is InChI=1S/C26H42O3/c1-6-26(29,7-2)18(4)22-12-13-23-19(9-8-14-25(22,23)5)10-11-20-15-21(27)16-24(28)17(20)3/h10-11,18,21-24,27-29H,3,6-9,12-16H2,1-2,4-5H3/b19-10+,20-11+/t18-,21+,22+,23-,24-,25+/m0/s1. The van der Waals surface area contributed by atoms with Crippen molar-refractivity contribution in [1.29, 1.82) is 0 Å². The summed E-state index contributed by atoms with van der Waals surface area (Å²) in [7, 11) is 0. The average Bonchev–Trinajstić information content (AvgIpc) is 3.05. The average molecular weight is 403 g/mol. The van der Waals surface area contributed by atoms with Crippen molar-refractivity contribution in [2.24, 2.45) is 23.2 Å². The molecule has 3 saturated carbocycles. The second-order valence-corrected chi connectivity index (χ2v) is 10.3. The summed E-state index contributed by atoms with van der Waals surface area (Å²) in [6.07, 6.45) is 11.9. The van der Waals surface area contributed by atoms with Gasteiger partial charge < -0.3 is 15.3 Å². The Bertz CT molecular complexity index is 671. The predicted molar refractivity (Wildman–Crippen MR) is 119 cm³/mol. The van der Waals surface area contributed by atoms with Crippen LogP contribution in [0.25, 0.3) is 0 Å². The van der Waals surface area contributed by atoms with E-state index in [-0.39, 0.29) is 5.41 Å². The lowest BCUT2D eigenvalue weighted by Crippen LogP contribution is -2.45. The maximum absolute atomic E-state index is 11.2. The molecular weight excluding hydrogens is 360 g/mol. The minimum atomic E-state index is -0.627. The van der Waals surface area contributed by atoms with Crippen molar-refractivity contribution in [3.63, 3.8) is 0 Å². The molecule has 3 fully saturated rings. The third-order valence-corrected chi connectivity index (χ3v) is 8.98. The van der Waals surface area contributed by atoms with Crippen LogP contribution in [-0.2, 0) is 0 Å². The van der Waals surface area contributed by atoms with Crippen LogP contribution in [0.4, 0.5) is 0 Å². The number of aliphatic hydroxyl groups excluding tert-OH is 2. The Morgan fingerprint density at radius 1 is 1.21 bits per heavy atom. The van der Waals surface area contributed by atoms with E-state index in [1.54, 1.807) is 0 Å².